The third-order valence-corrected chi connectivity index (χ3v) is 5.93. The molecule has 34 heavy (non-hydrogen) atoms. The van der Waals surface area contributed by atoms with Crippen molar-refractivity contribution >= 4 is 28.6 Å². The van der Waals surface area contributed by atoms with Gasteiger partial charge in [0.15, 0.2) is 5.52 Å². The van der Waals surface area contributed by atoms with E-state index in [1.54, 1.807) is 35.8 Å². The Morgan fingerprint density at radius 3 is 2.68 bits per heavy atom. The summed E-state index contributed by atoms with van der Waals surface area (Å²) < 4.78 is 3.66. The molecule has 0 bridgehead atoms. The van der Waals surface area contributed by atoms with Gasteiger partial charge < -0.3 is 21.5 Å². The number of aliphatic carboxylic acids is 1. The molecule has 11 heteroatoms. The maximum atomic E-state index is 13.8. The van der Waals surface area contributed by atoms with Crippen molar-refractivity contribution in [1.82, 2.24) is 18.9 Å². The molecule has 0 saturated carbocycles. The van der Waals surface area contributed by atoms with Crippen LogP contribution in [0.15, 0.2) is 33.9 Å². The van der Waals surface area contributed by atoms with Gasteiger partial charge in [0.25, 0.3) is 11.1 Å². The molecule has 3 heterocycles. The summed E-state index contributed by atoms with van der Waals surface area (Å²) in [5.41, 5.74) is 12.0. The average Bonchev–Trinajstić information content (AvgIpc) is 3.19. The SMILES string of the molecule is CC#CCn1c(N2CCCC(N)C2)nc2c(=O)n(CC(=O)O)n(Cc3ccccc3N)c(=O)c21. The van der Waals surface area contributed by atoms with Crippen LogP contribution in [0.4, 0.5) is 11.6 Å². The van der Waals surface area contributed by atoms with Crippen LogP contribution in [0, 0.1) is 11.8 Å². The van der Waals surface area contributed by atoms with Crippen molar-refractivity contribution in [3.05, 3.63) is 50.5 Å². The highest BCUT2D eigenvalue weighted by Gasteiger charge is 2.27. The zero-order chi connectivity index (χ0) is 24.4. The standard InChI is InChI=1S/C23H27N7O4/c1-2-3-11-28-20-19(26-23(28)27-10-6-8-16(24)13-27)21(33)30(14-18(31)32)29(22(20)34)12-15-7-4-5-9-17(15)25/h4-5,7,9,16H,6,8,10-14,24-25H2,1H3,(H,31,32). The van der Waals surface area contributed by atoms with E-state index in [0.717, 1.165) is 22.2 Å². The minimum absolute atomic E-state index is 0.0550. The van der Waals surface area contributed by atoms with Crippen LogP contribution in [0.1, 0.15) is 25.3 Å². The quantitative estimate of drug-likeness (QED) is 0.340. The van der Waals surface area contributed by atoms with Crippen molar-refractivity contribution in [2.45, 2.75) is 45.4 Å². The smallest absolute Gasteiger partial charge is 0.325 e. The Balaban J connectivity index is 2.00. The van der Waals surface area contributed by atoms with Gasteiger partial charge in [-0.25, -0.2) is 14.3 Å². The number of aromatic nitrogens is 4. The van der Waals surface area contributed by atoms with Crippen molar-refractivity contribution in [3.8, 4) is 11.8 Å². The predicted molar refractivity (Wildman–Crippen MR) is 129 cm³/mol. The molecular weight excluding hydrogens is 438 g/mol. The van der Waals surface area contributed by atoms with E-state index in [0.29, 0.717) is 30.3 Å². The topological polar surface area (TPSA) is 154 Å². The Hall–Kier alpha value is -4.04. The largest absolute Gasteiger partial charge is 0.480 e. The summed E-state index contributed by atoms with van der Waals surface area (Å²) in [4.78, 5) is 45.3. The minimum atomic E-state index is -1.26. The van der Waals surface area contributed by atoms with Gasteiger partial charge in [0.2, 0.25) is 5.95 Å². The van der Waals surface area contributed by atoms with Gasteiger partial charge in [0.1, 0.15) is 12.1 Å². The maximum absolute atomic E-state index is 13.8. The predicted octanol–water partition coefficient (Wildman–Crippen LogP) is 0.0256. The van der Waals surface area contributed by atoms with E-state index in [2.05, 4.69) is 16.8 Å². The van der Waals surface area contributed by atoms with E-state index >= 15 is 0 Å². The fourth-order valence-corrected chi connectivity index (χ4v) is 4.29. The van der Waals surface area contributed by atoms with E-state index in [1.165, 1.54) is 0 Å². The average molecular weight is 466 g/mol. The number of imidazole rings is 1. The molecule has 11 nitrogen and oxygen atoms in total. The fourth-order valence-electron chi connectivity index (χ4n) is 4.29. The van der Waals surface area contributed by atoms with Crippen LogP contribution in [-0.4, -0.2) is 49.1 Å². The Bertz CT molecular complexity index is 1420. The molecule has 2 aromatic heterocycles. The van der Waals surface area contributed by atoms with E-state index < -0.39 is 23.6 Å². The number of piperidine rings is 1. The van der Waals surface area contributed by atoms with Crippen molar-refractivity contribution < 1.29 is 9.90 Å². The van der Waals surface area contributed by atoms with Crippen molar-refractivity contribution in [2.24, 2.45) is 5.73 Å². The van der Waals surface area contributed by atoms with Gasteiger partial charge in [0.05, 0.1) is 13.1 Å². The molecular formula is C23H27N7O4. The third-order valence-electron chi connectivity index (χ3n) is 5.93. The molecule has 1 saturated heterocycles. The monoisotopic (exact) mass is 465 g/mol. The minimum Gasteiger partial charge on any atom is -0.480 e. The molecule has 5 N–H and O–H groups in total. The summed E-state index contributed by atoms with van der Waals surface area (Å²) in [6.07, 6.45) is 1.73. The molecule has 178 valence electrons. The third kappa shape index (κ3) is 4.27. The molecule has 1 atom stereocenters. The van der Waals surface area contributed by atoms with Crippen LogP contribution in [0.5, 0.6) is 0 Å². The van der Waals surface area contributed by atoms with Gasteiger partial charge >= 0.3 is 5.97 Å². The number of carbonyl (C=O) groups is 1. The highest BCUT2D eigenvalue weighted by molar-refractivity contribution is 5.78. The Kier molecular flexibility index (Phi) is 6.43. The van der Waals surface area contributed by atoms with Crippen molar-refractivity contribution in [1.29, 1.82) is 0 Å². The van der Waals surface area contributed by atoms with Crippen LogP contribution in [0.2, 0.25) is 0 Å². The summed E-state index contributed by atoms with van der Waals surface area (Å²) in [5.74, 6) is 4.94. The van der Waals surface area contributed by atoms with Crippen LogP contribution in [0.3, 0.4) is 0 Å². The zero-order valence-electron chi connectivity index (χ0n) is 18.9. The molecule has 0 spiro atoms. The lowest BCUT2D eigenvalue weighted by Crippen LogP contribution is -2.44. The number of benzene rings is 1. The van der Waals surface area contributed by atoms with Crippen LogP contribution in [-0.2, 0) is 24.4 Å². The number of carboxylic acid groups (broad SMARTS) is 1. The van der Waals surface area contributed by atoms with Crippen molar-refractivity contribution in [2.75, 3.05) is 23.7 Å². The number of nitrogens with zero attached hydrogens (tertiary/aromatic N) is 5. The molecule has 1 aliphatic heterocycles. The number of nitrogens with two attached hydrogens (primary N) is 2. The number of carboxylic acids is 1. The number of para-hydroxylation sites is 1. The molecule has 3 aromatic rings. The number of fused-ring (bicyclic) bond motifs is 1. The van der Waals surface area contributed by atoms with E-state index in [1.807, 2.05) is 4.90 Å². The lowest BCUT2D eigenvalue weighted by atomic mass is 10.1. The van der Waals surface area contributed by atoms with Crippen LogP contribution in [0.25, 0.3) is 11.0 Å². The molecule has 0 aliphatic carbocycles. The van der Waals surface area contributed by atoms with Gasteiger partial charge in [-0.1, -0.05) is 24.1 Å². The highest BCUT2D eigenvalue weighted by Crippen LogP contribution is 2.22. The lowest BCUT2D eigenvalue weighted by Gasteiger charge is -2.31. The van der Waals surface area contributed by atoms with Crippen LogP contribution < -0.4 is 27.5 Å². The van der Waals surface area contributed by atoms with E-state index in [-0.39, 0.29) is 30.2 Å². The summed E-state index contributed by atoms with van der Waals surface area (Å²) in [6, 6.07) is 6.86. The molecule has 1 unspecified atom stereocenters. The molecule has 0 amide bonds. The second kappa shape index (κ2) is 9.44. The highest BCUT2D eigenvalue weighted by atomic mass is 16.4. The number of hydrogen-bond acceptors (Lipinski definition) is 7. The van der Waals surface area contributed by atoms with E-state index in [4.69, 9.17) is 11.5 Å². The van der Waals surface area contributed by atoms with Gasteiger partial charge in [0, 0.05) is 24.8 Å². The molecule has 4 rings (SSSR count). The van der Waals surface area contributed by atoms with Gasteiger partial charge in [-0.05, 0) is 31.4 Å². The van der Waals surface area contributed by atoms with Gasteiger partial charge in [-0.15, -0.1) is 5.92 Å². The van der Waals surface area contributed by atoms with Gasteiger partial charge in [-0.2, -0.15) is 0 Å². The molecule has 1 aromatic carbocycles. The fraction of sp³-hybridized carbons (Fsp3) is 0.391. The molecule has 1 aliphatic rings. The number of hydrogen-bond donors (Lipinski definition) is 3. The van der Waals surface area contributed by atoms with Crippen LogP contribution >= 0.6 is 0 Å². The number of nitrogen functional groups attached to an aromatic ring is 1. The first kappa shape index (κ1) is 23.1. The summed E-state index contributed by atoms with van der Waals surface area (Å²) >= 11 is 0. The lowest BCUT2D eigenvalue weighted by molar-refractivity contribution is -0.138. The molecule has 0 radical (unpaired) electrons. The summed E-state index contributed by atoms with van der Waals surface area (Å²) in [7, 11) is 0. The molecule has 1 fully saturated rings. The first-order chi connectivity index (χ1) is 16.3. The number of rotatable bonds is 6. The first-order valence-corrected chi connectivity index (χ1v) is 11.0. The summed E-state index contributed by atoms with van der Waals surface area (Å²) in [5, 5.41) is 9.44. The summed E-state index contributed by atoms with van der Waals surface area (Å²) in [6.45, 7) is 2.28. The normalized spacial score (nSPS) is 15.8. The first-order valence-electron chi connectivity index (χ1n) is 11.0. The van der Waals surface area contributed by atoms with Crippen molar-refractivity contribution in [3.63, 3.8) is 0 Å². The zero-order valence-corrected chi connectivity index (χ0v) is 18.9. The number of anilines is 2. The second-order valence-corrected chi connectivity index (χ2v) is 8.29. The second-order valence-electron chi connectivity index (χ2n) is 8.29. The Morgan fingerprint density at radius 2 is 2.00 bits per heavy atom. The Labute approximate surface area is 195 Å². The van der Waals surface area contributed by atoms with Gasteiger partial charge in [-0.3, -0.25) is 19.0 Å². The Morgan fingerprint density at radius 1 is 1.24 bits per heavy atom. The maximum Gasteiger partial charge on any atom is 0.325 e. The van der Waals surface area contributed by atoms with E-state index in [9.17, 15) is 19.5 Å².